The van der Waals surface area contributed by atoms with E-state index < -0.39 is 23.2 Å². The zero-order valence-corrected chi connectivity index (χ0v) is 8.86. The quantitative estimate of drug-likeness (QED) is 0.491. The van der Waals surface area contributed by atoms with Crippen LogP contribution >= 0.6 is 34.2 Å². The van der Waals surface area contributed by atoms with Crippen LogP contribution in [-0.2, 0) is 0 Å². The first-order valence-electron chi connectivity index (χ1n) is 3.01. The van der Waals surface area contributed by atoms with E-state index in [0.29, 0.717) is 6.07 Å². The van der Waals surface area contributed by atoms with E-state index in [1.165, 1.54) is 22.6 Å². The average molecular weight is 318 g/mol. The van der Waals surface area contributed by atoms with Gasteiger partial charge in [0.25, 0.3) is 0 Å². The van der Waals surface area contributed by atoms with Crippen LogP contribution in [-0.4, -0.2) is 11.1 Å². The SMILES string of the molecule is O=C(O)c1cc(F)c(F)c(I)c1Cl. The summed E-state index contributed by atoms with van der Waals surface area (Å²) in [5, 5.41) is 8.24. The Morgan fingerprint density at radius 3 is 2.54 bits per heavy atom. The highest BCUT2D eigenvalue weighted by molar-refractivity contribution is 14.1. The Kier molecular flexibility index (Phi) is 3.07. The van der Waals surface area contributed by atoms with E-state index in [0.717, 1.165) is 0 Å². The molecule has 70 valence electrons. The highest BCUT2D eigenvalue weighted by Gasteiger charge is 2.18. The molecule has 0 amide bonds. The second kappa shape index (κ2) is 3.75. The molecule has 0 aromatic heterocycles. The van der Waals surface area contributed by atoms with Gasteiger partial charge in [-0.1, -0.05) is 11.6 Å². The molecule has 0 aliphatic carbocycles. The molecule has 6 heteroatoms. The maximum absolute atomic E-state index is 12.8. The number of carbonyl (C=O) groups is 1. The summed E-state index contributed by atoms with van der Waals surface area (Å²) in [5.74, 6) is -3.73. The minimum Gasteiger partial charge on any atom is -0.478 e. The number of halogens is 4. The van der Waals surface area contributed by atoms with Crippen molar-refractivity contribution in [1.82, 2.24) is 0 Å². The normalized spacial score (nSPS) is 10.2. The summed E-state index contributed by atoms with van der Waals surface area (Å²) in [6.07, 6.45) is 0. The second-order valence-electron chi connectivity index (χ2n) is 2.15. The lowest BCUT2D eigenvalue weighted by molar-refractivity contribution is 0.0696. The monoisotopic (exact) mass is 318 g/mol. The van der Waals surface area contributed by atoms with Gasteiger partial charge >= 0.3 is 5.97 Å². The molecule has 0 aliphatic rings. The number of rotatable bonds is 1. The number of aromatic carboxylic acids is 1. The fraction of sp³-hybridized carbons (Fsp3) is 0. The van der Waals surface area contributed by atoms with E-state index in [4.69, 9.17) is 16.7 Å². The highest BCUT2D eigenvalue weighted by atomic mass is 127. The number of benzene rings is 1. The third kappa shape index (κ3) is 1.91. The topological polar surface area (TPSA) is 37.3 Å². The molecule has 0 saturated heterocycles. The predicted molar refractivity (Wildman–Crippen MR) is 51.0 cm³/mol. The van der Waals surface area contributed by atoms with E-state index in [-0.39, 0.29) is 8.59 Å². The van der Waals surface area contributed by atoms with Gasteiger partial charge in [0.05, 0.1) is 14.2 Å². The van der Waals surface area contributed by atoms with Crippen LogP contribution in [0.3, 0.4) is 0 Å². The van der Waals surface area contributed by atoms with Gasteiger partial charge in [-0.15, -0.1) is 0 Å². The smallest absolute Gasteiger partial charge is 0.337 e. The lowest BCUT2D eigenvalue weighted by Crippen LogP contribution is -2.02. The number of hydrogen-bond acceptors (Lipinski definition) is 1. The van der Waals surface area contributed by atoms with Gasteiger partial charge in [-0.2, -0.15) is 0 Å². The van der Waals surface area contributed by atoms with Crippen LogP contribution in [0.4, 0.5) is 8.78 Å². The minimum absolute atomic E-state index is 0.225. The molecule has 0 spiro atoms. The van der Waals surface area contributed by atoms with Gasteiger partial charge in [-0.05, 0) is 28.7 Å². The molecule has 0 atom stereocenters. The molecule has 2 nitrogen and oxygen atoms in total. The molecule has 0 aliphatic heterocycles. The number of carboxylic acid groups (broad SMARTS) is 1. The third-order valence-electron chi connectivity index (χ3n) is 1.33. The third-order valence-corrected chi connectivity index (χ3v) is 3.06. The van der Waals surface area contributed by atoms with Crippen LogP contribution in [0.1, 0.15) is 10.4 Å². The van der Waals surface area contributed by atoms with E-state index in [1.807, 2.05) is 0 Å². The van der Waals surface area contributed by atoms with E-state index in [9.17, 15) is 13.6 Å². The first-order valence-corrected chi connectivity index (χ1v) is 4.47. The molecular formula is C7H2ClF2IO2. The molecule has 0 bridgehead atoms. The second-order valence-corrected chi connectivity index (χ2v) is 3.61. The fourth-order valence-corrected chi connectivity index (χ4v) is 1.50. The maximum atomic E-state index is 12.8. The van der Waals surface area contributed by atoms with E-state index >= 15 is 0 Å². The van der Waals surface area contributed by atoms with Gasteiger partial charge in [0.1, 0.15) is 0 Å². The Labute approximate surface area is 90.6 Å². The summed E-state index contributed by atoms with van der Waals surface area (Å²) >= 11 is 6.91. The molecule has 1 N–H and O–H groups in total. The van der Waals surface area contributed by atoms with Crippen molar-refractivity contribution in [2.75, 3.05) is 0 Å². The van der Waals surface area contributed by atoms with Gasteiger partial charge in [-0.3, -0.25) is 0 Å². The van der Waals surface area contributed by atoms with Gasteiger partial charge < -0.3 is 5.11 Å². The molecule has 1 aromatic carbocycles. The van der Waals surface area contributed by atoms with Crippen molar-refractivity contribution in [2.45, 2.75) is 0 Å². The zero-order chi connectivity index (χ0) is 10.2. The van der Waals surface area contributed by atoms with Gasteiger partial charge in [0, 0.05) is 0 Å². The van der Waals surface area contributed by atoms with Crippen molar-refractivity contribution in [2.24, 2.45) is 0 Å². The summed E-state index contributed by atoms with van der Waals surface area (Å²) < 4.78 is 25.2. The number of hydrogen-bond donors (Lipinski definition) is 1. The highest BCUT2D eigenvalue weighted by Crippen LogP contribution is 2.27. The first-order chi connectivity index (χ1) is 5.95. The Morgan fingerprint density at radius 1 is 1.54 bits per heavy atom. The van der Waals surface area contributed by atoms with Crippen LogP contribution in [0, 0.1) is 15.2 Å². The number of carboxylic acids is 1. The predicted octanol–water partition coefficient (Wildman–Crippen LogP) is 2.92. The fourth-order valence-electron chi connectivity index (χ4n) is 0.728. The van der Waals surface area contributed by atoms with Gasteiger partial charge in [0.2, 0.25) is 0 Å². The molecule has 0 heterocycles. The van der Waals surface area contributed by atoms with Crippen LogP contribution in [0.25, 0.3) is 0 Å². The van der Waals surface area contributed by atoms with Crippen molar-refractivity contribution < 1.29 is 18.7 Å². The first kappa shape index (κ1) is 10.6. The lowest BCUT2D eigenvalue weighted by atomic mass is 10.2. The Balaban J connectivity index is 3.50. The van der Waals surface area contributed by atoms with Crippen LogP contribution in [0.15, 0.2) is 6.07 Å². The Hall–Kier alpha value is -0.430. The summed E-state index contributed by atoms with van der Waals surface area (Å²) in [6, 6.07) is 0.558. The summed E-state index contributed by atoms with van der Waals surface area (Å²) in [5.41, 5.74) is -0.440. The molecule has 0 fully saturated rings. The van der Waals surface area contributed by atoms with Gasteiger partial charge in [-0.25, -0.2) is 13.6 Å². The lowest BCUT2D eigenvalue weighted by Gasteiger charge is -2.03. The van der Waals surface area contributed by atoms with Crippen molar-refractivity contribution in [3.05, 3.63) is 31.9 Å². The summed E-state index contributed by atoms with van der Waals surface area (Å²) in [4.78, 5) is 10.5. The summed E-state index contributed by atoms with van der Waals surface area (Å²) in [7, 11) is 0. The van der Waals surface area contributed by atoms with E-state index in [2.05, 4.69) is 0 Å². The Morgan fingerprint density at radius 2 is 2.08 bits per heavy atom. The van der Waals surface area contributed by atoms with Crippen LogP contribution < -0.4 is 0 Å². The van der Waals surface area contributed by atoms with Crippen LogP contribution in [0.5, 0.6) is 0 Å². The molecule has 13 heavy (non-hydrogen) atoms. The van der Waals surface area contributed by atoms with Crippen LogP contribution in [0.2, 0.25) is 5.02 Å². The van der Waals surface area contributed by atoms with Crippen molar-refractivity contribution in [1.29, 1.82) is 0 Å². The van der Waals surface area contributed by atoms with Crippen molar-refractivity contribution >= 4 is 40.2 Å². The average Bonchev–Trinajstić information content (AvgIpc) is 2.07. The van der Waals surface area contributed by atoms with E-state index in [1.54, 1.807) is 0 Å². The molecular weight excluding hydrogens is 316 g/mol. The summed E-state index contributed by atoms with van der Waals surface area (Å²) in [6.45, 7) is 0. The minimum atomic E-state index is -1.39. The molecule has 1 aromatic rings. The largest absolute Gasteiger partial charge is 0.478 e. The maximum Gasteiger partial charge on any atom is 0.337 e. The molecule has 0 saturated carbocycles. The van der Waals surface area contributed by atoms with Crippen molar-refractivity contribution in [3.8, 4) is 0 Å². The molecule has 1 rings (SSSR count). The molecule has 0 radical (unpaired) electrons. The van der Waals surface area contributed by atoms with Crippen molar-refractivity contribution in [3.63, 3.8) is 0 Å². The standard InChI is InChI=1S/C7H2ClF2IO2/c8-4-2(7(12)13)1-3(9)5(10)6(4)11/h1H,(H,12,13). The molecule has 0 unspecified atom stereocenters. The zero-order valence-electron chi connectivity index (χ0n) is 5.94. The van der Waals surface area contributed by atoms with Gasteiger partial charge in [0.15, 0.2) is 11.6 Å². The Bertz CT molecular complexity index is 381.